The summed E-state index contributed by atoms with van der Waals surface area (Å²) >= 11 is 0. The highest BCUT2D eigenvalue weighted by molar-refractivity contribution is 6.07. The van der Waals surface area contributed by atoms with Crippen molar-refractivity contribution in [3.63, 3.8) is 0 Å². The fraction of sp³-hybridized carbons (Fsp3) is 0.480. The standard InChI is InChI=1S/C25H31NO4/c1-16(2)20-8-7-17(3)15-22(20)28-12-9-26-23-19(5)13-18(4)14-21(23)25(24(26)27)29-10-6-11-30-25/h7-8,13-16H,6,9-12H2,1-5H3. The van der Waals surface area contributed by atoms with Crippen molar-refractivity contribution in [3.05, 3.63) is 58.1 Å². The molecule has 1 fully saturated rings. The zero-order chi connectivity index (χ0) is 21.5. The van der Waals surface area contributed by atoms with Gasteiger partial charge < -0.3 is 19.1 Å². The van der Waals surface area contributed by atoms with Crippen molar-refractivity contribution in [2.45, 2.75) is 52.7 Å². The Morgan fingerprint density at radius 2 is 1.80 bits per heavy atom. The van der Waals surface area contributed by atoms with Crippen LogP contribution in [0, 0.1) is 20.8 Å². The predicted octanol–water partition coefficient (Wildman–Crippen LogP) is 4.75. The highest BCUT2D eigenvalue weighted by atomic mass is 16.7. The van der Waals surface area contributed by atoms with Gasteiger partial charge in [0.1, 0.15) is 12.4 Å². The average Bonchev–Trinajstić information content (AvgIpc) is 2.91. The Hall–Kier alpha value is -2.37. The first-order chi connectivity index (χ1) is 14.3. The summed E-state index contributed by atoms with van der Waals surface area (Å²) in [5.41, 5.74) is 6.19. The van der Waals surface area contributed by atoms with Crippen molar-refractivity contribution < 1.29 is 19.0 Å². The summed E-state index contributed by atoms with van der Waals surface area (Å²) in [6, 6.07) is 10.4. The molecule has 2 heterocycles. The second-order valence-electron chi connectivity index (χ2n) is 8.65. The topological polar surface area (TPSA) is 48.0 Å². The molecule has 1 saturated heterocycles. The molecule has 1 amide bonds. The second-order valence-corrected chi connectivity index (χ2v) is 8.65. The first-order valence-corrected chi connectivity index (χ1v) is 10.8. The minimum atomic E-state index is -1.31. The monoisotopic (exact) mass is 409 g/mol. The molecule has 0 N–H and O–H groups in total. The number of hydrogen-bond acceptors (Lipinski definition) is 4. The van der Waals surface area contributed by atoms with Crippen LogP contribution in [0.1, 0.15) is 54.0 Å². The highest BCUT2D eigenvalue weighted by Crippen LogP contribution is 2.47. The normalized spacial score (nSPS) is 17.7. The maximum absolute atomic E-state index is 13.5. The van der Waals surface area contributed by atoms with E-state index in [4.69, 9.17) is 14.2 Å². The van der Waals surface area contributed by atoms with Gasteiger partial charge in [0.25, 0.3) is 11.7 Å². The van der Waals surface area contributed by atoms with Crippen LogP contribution in [0.25, 0.3) is 0 Å². The molecule has 0 unspecified atom stereocenters. The molecule has 2 aromatic carbocycles. The lowest BCUT2D eigenvalue weighted by atomic mass is 10.00. The SMILES string of the molecule is Cc1ccc(C(C)C)c(OCCN2C(=O)C3(OCCCO3)c3cc(C)cc(C)c32)c1. The summed E-state index contributed by atoms with van der Waals surface area (Å²) in [7, 11) is 0. The van der Waals surface area contributed by atoms with Crippen LogP contribution in [-0.4, -0.2) is 32.3 Å². The molecule has 0 saturated carbocycles. The Labute approximate surface area is 178 Å². The lowest BCUT2D eigenvalue weighted by Gasteiger charge is -2.32. The van der Waals surface area contributed by atoms with Crippen molar-refractivity contribution in [3.8, 4) is 5.75 Å². The quantitative estimate of drug-likeness (QED) is 0.715. The fourth-order valence-electron chi connectivity index (χ4n) is 4.48. The van der Waals surface area contributed by atoms with Gasteiger partial charge in [-0.1, -0.05) is 37.6 Å². The molecule has 0 aliphatic carbocycles. The molecular weight excluding hydrogens is 378 g/mol. The van der Waals surface area contributed by atoms with Crippen LogP contribution >= 0.6 is 0 Å². The molecule has 1 spiro atoms. The molecule has 0 bridgehead atoms. The van der Waals surface area contributed by atoms with Crippen LogP contribution in [-0.2, 0) is 20.1 Å². The molecule has 0 radical (unpaired) electrons. The van der Waals surface area contributed by atoms with Crippen molar-refractivity contribution in [2.24, 2.45) is 0 Å². The maximum Gasteiger partial charge on any atom is 0.292 e. The number of aryl methyl sites for hydroxylation is 3. The third-order valence-electron chi connectivity index (χ3n) is 5.86. The van der Waals surface area contributed by atoms with Crippen LogP contribution in [0.5, 0.6) is 5.75 Å². The molecule has 30 heavy (non-hydrogen) atoms. The van der Waals surface area contributed by atoms with Crippen molar-refractivity contribution in [1.82, 2.24) is 0 Å². The van der Waals surface area contributed by atoms with E-state index in [0.717, 1.165) is 40.1 Å². The summed E-state index contributed by atoms with van der Waals surface area (Å²) in [6.07, 6.45) is 0.795. The van der Waals surface area contributed by atoms with Gasteiger partial charge >= 0.3 is 0 Å². The van der Waals surface area contributed by atoms with E-state index >= 15 is 0 Å². The number of hydrogen-bond donors (Lipinski definition) is 0. The van der Waals surface area contributed by atoms with Crippen molar-refractivity contribution in [2.75, 3.05) is 31.3 Å². The number of ether oxygens (including phenoxy) is 3. The zero-order valence-corrected chi connectivity index (χ0v) is 18.6. The number of nitrogens with zero attached hydrogens (tertiary/aromatic N) is 1. The lowest BCUT2D eigenvalue weighted by Crippen LogP contribution is -2.48. The Bertz CT molecular complexity index is 960. The average molecular weight is 410 g/mol. The van der Waals surface area contributed by atoms with E-state index in [2.05, 4.69) is 45.0 Å². The molecule has 5 heteroatoms. The van der Waals surface area contributed by atoms with Crippen LogP contribution < -0.4 is 9.64 Å². The number of carbonyl (C=O) groups is 1. The van der Waals surface area contributed by atoms with E-state index in [-0.39, 0.29) is 5.91 Å². The molecule has 2 aliphatic rings. The van der Waals surface area contributed by atoms with Gasteiger partial charge in [-0.2, -0.15) is 0 Å². The summed E-state index contributed by atoms with van der Waals surface area (Å²) < 4.78 is 18.1. The second kappa shape index (κ2) is 8.05. The molecule has 0 atom stereocenters. The molecule has 2 aliphatic heterocycles. The van der Waals surface area contributed by atoms with E-state index < -0.39 is 5.79 Å². The van der Waals surface area contributed by atoms with Crippen molar-refractivity contribution >= 4 is 11.6 Å². The van der Waals surface area contributed by atoms with Gasteiger partial charge in [0.15, 0.2) is 0 Å². The Morgan fingerprint density at radius 3 is 2.50 bits per heavy atom. The third kappa shape index (κ3) is 3.50. The zero-order valence-electron chi connectivity index (χ0n) is 18.6. The number of anilines is 1. The lowest BCUT2D eigenvalue weighted by molar-refractivity contribution is -0.256. The van der Waals surface area contributed by atoms with Gasteiger partial charge in [0, 0.05) is 5.56 Å². The van der Waals surface area contributed by atoms with Gasteiger partial charge in [-0.25, -0.2) is 0 Å². The van der Waals surface area contributed by atoms with Crippen molar-refractivity contribution in [1.29, 1.82) is 0 Å². The fourth-order valence-corrected chi connectivity index (χ4v) is 4.48. The van der Waals surface area contributed by atoms with E-state index in [0.29, 0.717) is 32.3 Å². The first kappa shape index (κ1) is 20.9. The Balaban J connectivity index is 1.60. The summed E-state index contributed by atoms with van der Waals surface area (Å²) in [5.74, 6) is -0.205. The van der Waals surface area contributed by atoms with E-state index in [1.807, 2.05) is 19.9 Å². The Morgan fingerprint density at radius 1 is 1.07 bits per heavy atom. The molecule has 2 aromatic rings. The van der Waals surface area contributed by atoms with E-state index in [1.165, 1.54) is 5.56 Å². The number of rotatable bonds is 5. The van der Waals surface area contributed by atoms with Crippen LogP contribution in [0.4, 0.5) is 5.69 Å². The summed E-state index contributed by atoms with van der Waals surface area (Å²) in [5, 5.41) is 0. The Kier molecular flexibility index (Phi) is 5.60. The highest BCUT2D eigenvalue weighted by Gasteiger charge is 2.55. The number of fused-ring (bicyclic) bond motifs is 2. The van der Waals surface area contributed by atoms with Gasteiger partial charge in [-0.05, 0) is 61.9 Å². The maximum atomic E-state index is 13.5. The smallest absolute Gasteiger partial charge is 0.292 e. The largest absolute Gasteiger partial charge is 0.491 e. The van der Waals surface area contributed by atoms with Gasteiger partial charge in [-0.3, -0.25) is 4.79 Å². The minimum Gasteiger partial charge on any atom is -0.491 e. The number of benzene rings is 2. The molecular formula is C25H31NO4. The summed E-state index contributed by atoms with van der Waals surface area (Å²) in [6.45, 7) is 12.3. The molecule has 160 valence electrons. The number of carbonyl (C=O) groups excluding carboxylic acids is 1. The predicted molar refractivity (Wildman–Crippen MR) is 117 cm³/mol. The van der Waals surface area contributed by atoms with Crippen LogP contribution in [0.2, 0.25) is 0 Å². The van der Waals surface area contributed by atoms with Gasteiger partial charge in [0.05, 0.1) is 25.4 Å². The van der Waals surface area contributed by atoms with E-state index in [1.54, 1.807) is 4.90 Å². The molecule has 0 aromatic heterocycles. The van der Waals surface area contributed by atoms with Crippen LogP contribution in [0.15, 0.2) is 30.3 Å². The van der Waals surface area contributed by atoms with Crippen LogP contribution in [0.3, 0.4) is 0 Å². The molecule has 4 rings (SSSR count). The third-order valence-corrected chi connectivity index (χ3v) is 5.86. The van der Waals surface area contributed by atoms with Gasteiger partial charge in [0.2, 0.25) is 0 Å². The number of amides is 1. The minimum absolute atomic E-state index is 0.150. The van der Waals surface area contributed by atoms with E-state index in [9.17, 15) is 4.79 Å². The summed E-state index contributed by atoms with van der Waals surface area (Å²) in [4.78, 5) is 15.3. The first-order valence-electron chi connectivity index (χ1n) is 10.8. The van der Waals surface area contributed by atoms with Gasteiger partial charge in [-0.15, -0.1) is 0 Å². The molecule has 5 nitrogen and oxygen atoms in total.